The molecule has 2 heterocycles. The fourth-order valence-corrected chi connectivity index (χ4v) is 4.21. The Hall–Kier alpha value is -1.63. The molecule has 0 saturated carbocycles. The van der Waals surface area contributed by atoms with Gasteiger partial charge in [-0.05, 0) is 31.6 Å². The normalized spacial score (nSPS) is 18.6. The van der Waals surface area contributed by atoms with E-state index in [0.29, 0.717) is 24.8 Å². The maximum atomic E-state index is 11.2. The van der Waals surface area contributed by atoms with Crippen LogP contribution in [0.1, 0.15) is 49.9 Å². The molecule has 1 aromatic rings. The summed E-state index contributed by atoms with van der Waals surface area (Å²) in [4.78, 5) is 24.0. The molecule has 2 rings (SSSR count). The van der Waals surface area contributed by atoms with Crippen molar-refractivity contribution in [3.63, 3.8) is 0 Å². The standard InChI is InChI=1S/C18H31N5OS/c1-4-20-18(23-7-5-6-14(12-23)9-16(19)24)22-11-15-10-21-17(25-15)8-13(2)3/h10,13-14H,4-9,11-12H2,1-3H3,(H2,19,24)(H,20,22). The minimum Gasteiger partial charge on any atom is -0.370 e. The highest BCUT2D eigenvalue weighted by Gasteiger charge is 2.23. The minimum atomic E-state index is -0.212. The molecule has 0 radical (unpaired) electrons. The van der Waals surface area contributed by atoms with E-state index in [4.69, 9.17) is 10.7 Å². The van der Waals surface area contributed by atoms with Gasteiger partial charge in [-0.2, -0.15) is 0 Å². The monoisotopic (exact) mass is 365 g/mol. The van der Waals surface area contributed by atoms with Crippen LogP contribution in [0.2, 0.25) is 0 Å². The number of nitrogens with two attached hydrogens (primary N) is 1. The number of nitrogens with zero attached hydrogens (tertiary/aromatic N) is 3. The first-order chi connectivity index (χ1) is 12.0. The number of aliphatic imine (C=N–C) groups is 1. The van der Waals surface area contributed by atoms with Crippen LogP contribution in [0.4, 0.5) is 0 Å². The lowest BCUT2D eigenvalue weighted by atomic mass is 9.95. The van der Waals surface area contributed by atoms with Crippen LogP contribution < -0.4 is 11.1 Å². The van der Waals surface area contributed by atoms with Gasteiger partial charge < -0.3 is 16.0 Å². The van der Waals surface area contributed by atoms with Gasteiger partial charge in [-0.25, -0.2) is 9.98 Å². The lowest BCUT2D eigenvalue weighted by Crippen LogP contribution is -2.47. The maximum absolute atomic E-state index is 11.2. The summed E-state index contributed by atoms with van der Waals surface area (Å²) in [5, 5.41) is 4.56. The van der Waals surface area contributed by atoms with Crippen molar-refractivity contribution >= 4 is 23.2 Å². The summed E-state index contributed by atoms with van der Waals surface area (Å²) < 4.78 is 0. The average molecular weight is 366 g/mol. The smallest absolute Gasteiger partial charge is 0.217 e. The number of likely N-dealkylation sites (tertiary alicyclic amines) is 1. The van der Waals surface area contributed by atoms with Crippen molar-refractivity contribution < 1.29 is 4.79 Å². The van der Waals surface area contributed by atoms with Gasteiger partial charge >= 0.3 is 0 Å². The Kier molecular flexibility index (Phi) is 7.68. The first-order valence-electron chi connectivity index (χ1n) is 9.23. The number of primary amides is 1. The molecule has 1 unspecified atom stereocenters. The molecule has 7 heteroatoms. The van der Waals surface area contributed by atoms with Crippen molar-refractivity contribution in [1.82, 2.24) is 15.2 Å². The van der Waals surface area contributed by atoms with Gasteiger partial charge in [-0.3, -0.25) is 4.79 Å². The molecule has 1 saturated heterocycles. The summed E-state index contributed by atoms with van der Waals surface area (Å²) in [6.45, 7) is 9.79. The van der Waals surface area contributed by atoms with Crippen LogP contribution in [0.25, 0.3) is 0 Å². The zero-order valence-corrected chi connectivity index (χ0v) is 16.4. The van der Waals surface area contributed by atoms with E-state index < -0.39 is 0 Å². The van der Waals surface area contributed by atoms with Gasteiger partial charge in [0.15, 0.2) is 5.96 Å². The van der Waals surface area contributed by atoms with E-state index in [9.17, 15) is 4.79 Å². The number of aromatic nitrogens is 1. The van der Waals surface area contributed by atoms with Gasteiger partial charge in [0.25, 0.3) is 0 Å². The van der Waals surface area contributed by atoms with Crippen LogP contribution in [0.3, 0.4) is 0 Å². The van der Waals surface area contributed by atoms with Crippen molar-refractivity contribution in [1.29, 1.82) is 0 Å². The highest BCUT2D eigenvalue weighted by Crippen LogP contribution is 2.20. The molecular weight excluding hydrogens is 334 g/mol. The van der Waals surface area contributed by atoms with Gasteiger partial charge in [0.05, 0.1) is 11.6 Å². The highest BCUT2D eigenvalue weighted by atomic mass is 32.1. The van der Waals surface area contributed by atoms with E-state index in [1.54, 1.807) is 11.3 Å². The number of thiazole rings is 1. The van der Waals surface area contributed by atoms with Crippen LogP contribution in [0, 0.1) is 11.8 Å². The molecule has 6 nitrogen and oxygen atoms in total. The molecule has 1 aromatic heterocycles. The molecule has 0 aliphatic carbocycles. The third-order valence-electron chi connectivity index (χ3n) is 4.21. The molecule has 3 N–H and O–H groups in total. The van der Waals surface area contributed by atoms with Crippen molar-refractivity contribution in [3.8, 4) is 0 Å². The summed E-state index contributed by atoms with van der Waals surface area (Å²) in [6.07, 6.45) is 5.56. The Bertz CT molecular complexity index is 584. The Morgan fingerprint density at radius 1 is 1.56 bits per heavy atom. The second kappa shape index (κ2) is 9.75. The summed E-state index contributed by atoms with van der Waals surface area (Å²) in [5.74, 6) is 1.66. The van der Waals surface area contributed by atoms with Crippen molar-refractivity contribution in [2.45, 2.75) is 53.0 Å². The van der Waals surface area contributed by atoms with Crippen LogP contribution in [0.5, 0.6) is 0 Å². The predicted octanol–water partition coefficient (Wildman–Crippen LogP) is 2.39. The fourth-order valence-electron chi connectivity index (χ4n) is 3.15. The molecule has 1 fully saturated rings. The summed E-state index contributed by atoms with van der Waals surface area (Å²) >= 11 is 1.75. The van der Waals surface area contributed by atoms with E-state index in [0.717, 1.165) is 44.9 Å². The molecular formula is C18H31N5OS. The lowest BCUT2D eigenvalue weighted by Gasteiger charge is -2.34. The van der Waals surface area contributed by atoms with Crippen molar-refractivity contribution in [2.24, 2.45) is 22.6 Å². The van der Waals surface area contributed by atoms with Gasteiger partial charge in [-0.1, -0.05) is 13.8 Å². The number of carbonyl (C=O) groups excluding carboxylic acids is 1. The largest absolute Gasteiger partial charge is 0.370 e. The number of rotatable bonds is 7. The fraction of sp³-hybridized carbons (Fsp3) is 0.722. The van der Waals surface area contributed by atoms with Crippen LogP contribution in [-0.2, 0) is 17.8 Å². The van der Waals surface area contributed by atoms with Crippen molar-refractivity contribution in [3.05, 3.63) is 16.1 Å². The molecule has 0 spiro atoms. The molecule has 25 heavy (non-hydrogen) atoms. The van der Waals surface area contributed by atoms with Crippen LogP contribution in [0.15, 0.2) is 11.2 Å². The van der Waals surface area contributed by atoms with Gasteiger partial charge in [0.1, 0.15) is 0 Å². The number of carbonyl (C=O) groups is 1. The summed E-state index contributed by atoms with van der Waals surface area (Å²) in [5.41, 5.74) is 5.37. The Morgan fingerprint density at radius 3 is 3.04 bits per heavy atom. The van der Waals surface area contributed by atoms with Gasteiger partial charge in [0, 0.05) is 43.5 Å². The second-order valence-corrected chi connectivity index (χ2v) is 8.31. The van der Waals surface area contributed by atoms with Gasteiger partial charge in [0.2, 0.25) is 5.91 Å². The first-order valence-corrected chi connectivity index (χ1v) is 10.0. The number of guanidine groups is 1. The minimum absolute atomic E-state index is 0.212. The highest BCUT2D eigenvalue weighted by molar-refractivity contribution is 7.11. The maximum Gasteiger partial charge on any atom is 0.217 e. The topological polar surface area (TPSA) is 83.6 Å². The zero-order valence-electron chi connectivity index (χ0n) is 15.6. The van der Waals surface area contributed by atoms with E-state index >= 15 is 0 Å². The molecule has 1 aliphatic rings. The first kappa shape index (κ1) is 19.7. The quantitative estimate of drug-likeness (QED) is 0.574. The second-order valence-electron chi connectivity index (χ2n) is 7.11. The van der Waals surface area contributed by atoms with E-state index in [1.807, 2.05) is 6.20 Å². The Morgan fingerprint density at radius 2 is 2.36 bits per heavy atom. The Labute approximate surface area is 154 Å². The third kappa shape index (κ3) is 6.65. The number of piperidine rings is 1. The lowest BCUT2D eigenvalue weighted by molar-refractivity contribution is -0.119. The number of nitrogens with one attached hydrogen (secondary N) is 1. The number of amides is 1. The number of hydrogen-bond acceptors (Lipinski definition) is 4. The molecule has 140 valence electrons. The molecule has 0 aromatic carbocycles. The Balaban J connectivity index is 1.99. The number of hydrogen-bond donors (Lipinski definition) is 2. The average Bonchev–Trinajstić information content (AvgIpc) is 2.97. The summed E-state index contributed by atoms with van der Waals surface area (Å²) in [7, 11) is 0. The van der Waals surface area contributed by atoms with E-state index in [1.165, 1.54) is 9.88 Å². The van der Waals surface area contributed by atoms with Crippen LogP contribution >= 0.6 is 11.3 Å². The SMILES string of the molecule is CCNC(=NCc1cnc(CC(C)C)s1)N1CCCC(CC(N)=O)C1. The predicted molar refractivity (Wildman–Crippen MR) is 104 cm³/mol. The van der Waals surface area contributed by atoms with Crippen molar-refractivity contribution in [2.75, 3.05) is 19.6 Å². The van der Waals surface area contributed by atoms with E-state index in [-0.39, 0.29) is 5.91 Å². The molecule has 0 bridgehead atoms. The third-order valence-corrected chi connectivity index (χ3v) is 5.22. The van der Waals surface area contributed by atoms with Crippen LogP contribution in [-0.4, -0.2) is 41.4 Å². The molecule has 1 amide bonds. The van der Waals surface area contributed by atoms with Gasteiger partial charge in [-0.15, -0.1) is 11.3 Å². The molecule has 1 aliphatic heterocycles. The molecule has 1 atom stereocenters. The summed E-state index contributed by atoms with van der Waals surface area (Å²) in [6, 6.07) is 0. The zero-order chi connectivity index (χ0) is 18.2. The van der Waals surface area contributed by atoms with E-state index in [2.05, 4.69) is 36.0 Å².